The van der Waals surface area contributed by atoms with Gasteiger partial charge in [0.1, 0.15) is 17.7 Å². The fourth-order valence-electron chi connectivity index (χ4n) is 10.8. The first-order chi connectivity index (χ1) is 47.2. The lowest BCUT2D eigenvalue weighted by Gasteiger charge is -2.36. The van der Waals surface area contributed by atoms with Crippen LogP contribution in [0, 0.1) is 16.7 Å². The number of thiophene rings is 3. The summed E-state index contributed by atoms with van der Waals surface area (Å²) in [7, 11) is 5.29. The molecule has 3 aromatic heterocycles. The molecule has 4 aliphatic rings. The smallest absolute Gasteiger partial charge is 0.455 e. The maximum Gasteiger partial charge on any atom is 0.455 e. The minimum absolute atomic E-state index is 0. The number of ether oxygens (including phenoxy) is 4. The molecule has 26 heteroatoms. The van der Waals surface area contributed by atoms with Gasteiger partial charge in [0.15, 0.2) is 15.5 Å². The molecule has 9 aromatic rings. The molecule has 0 saturated heterocycles. The zero-order chi connectivity index (χ0) is 69.5. The first-order valence-corrected chi connectivity index (χ1v) is 34.0. The summed E-state index contributed by atoms with van der Waals surface area (Å²) in [5.41, 5.74) is 20.9. The summed E-state index contributed by atoms with van der Waals surface area (Å²) >= 11 is 1.21. The average molecular weight is 1450 g/mol. The summed E-state index contributed by atoms with van der Waals surface area (Å²) < 4.78 is 38.5. The number of diazo groups is 1. The number of anilines is 3. The number of carbonyl (C=O) groups excluding carboxylic acids is 5. The van der Waals surface area contributed by atoms with Crippen molar-refractivity contribution in [3.63, 3.8) is 0 Å². The topological polar surface area (TPSA) is 304 Å². The quantitative estimate of drug-likeness (QED) is 0.0174. The Kier molecular flexibility index (Phi) is 36.1. The molecule has 4 aliphatic heterocycles. The third-order valence-electron chi connectivity index (χ3n) is 15.2. The molecule has 0 fully saturated rings. The first kappa shape index (κ1) is 82.7. The Balaban J connectivity index is 0.000000264. The van der Waals surface area contributed by atoms with Crippen LogP contribution in [0.15, 0.2) is 180 Å². The second-order valence-electron chi connectivity index (χ2n) is 21.4. The van der Waals surface area contributed by atoms with Crippen LogP contribution in [0.5, 0.6) is 0 Å². The van der Waals surface area contributed by atoms with Crippen LogP contribution in [0.2, 0.25) is 0 Å². The maximum atomic E-state index is 12.3. The van der Waals surface area contributed by atoms with Crippen molar-refractivity contribution < 1.29 is 61.3 Å². The van der Waals surface area contributed by atoms with E-state index in [-0.39, 0.29) is 45.3 Å². The van der Waals surface area contributed by atoms with Gasteiger partial charge >= 0.3 is 28.9 Å². The van der Waals surface area contributed by atoms with E-state index in [1.807, 2.05) is 127 Å². The van der Waals surface area contributed by atoms with Crippen LogP contribution in [0.25, 0.3) is 36.3 Å². The van der Waals surface area contributed by atoms with E-state index in [1.165, 1.54) is 131 Å². The van der Waals surface area contributed by atoms with Crippen molar-refractivity contribution in [1.82, 2.24) is 0 Å². The molecule has 0 saturated carbocycles. The highest BCUT2D eigenvalue weighted by atomic mass is 32.2. The molecule has 2 N–H and O–H groups in total. The summed E-state index contributed by atoms with van der Waals surface area (Å²) in [6.45, 7) is 4.87. The molecule has 1 atom stereocenters. The monoisotopic (exact) mass is 1450 g/mol. The van der Waals surface area contributed by atoms with Crippen molar-refractivity contribution in [3.05, 3.63) is 219 Å². The summed E-state index contributed by atoms with van der Waals surface area (Å²) in [4.78, 5) is 66.1. The first-order valence-electron chi connectivity index (χ1n) is 30.6. The van der Waals surface area contributed by atoms with Crippen LogP contribution in [0.3, 0.4) is 0 Å². The van der Waals surface area contributed by atoms with Crippen LogP contribution in [-0.4, -0.2) is 93.5 Å². The van der Waals surface area contributed by atoms with Crippen molar-refractivity contribution in [2.45, 2.75) is 79.1 Å². The number of nitriles is 1. The Morgan fingerprint density at radius 1 is 0.580 bits per heavy atom. The predicted molar refractivity (Wildman–Crippen MR) is 400 cm³/mol. The van der Waals surface area contributed by atoms with E-state index in [0.717, 1.165) is 74.8 Å². The number of nitrogens with two attached hydrogens (primary N) is 1. The summed E-state index contributed by atoms with van der Waals surface area (Å²) in [6.07, 6.45) is 11.1. The lowest BCUT2D eigenvalue weighted by atomic mass is 9.91. The molecule has 526 valence electrons. The average Bonchev–Trinajstić information content (AvgIpc) is 1.26. The molecular weight excluding hydrogens is 1370 g/mol. The number of hydrogen-bond donors (Lipinski definition) is 1. The van der Waals surface area contributed by atoms with Gasteiger partial charge in [0.05, 0.1) is 62.7 Å². The van der Waals surface area contributed by atoms with Crippen molar-refractivity contribution in [1.29, 1.82) is 10.7 Å². The molecular formula is C74H81N8O13S5-. The second-order valence-corrected chi connectivity index (χ2v) is 25.1. The molecule has 0 radical (unpaired) electrons. The molecule has 1 unspecified atom stereocenters. The SMILES string of the molecule is C.C.COC(=O)CC#N.COC(=O)c1cc(-c2ccccc2)sc1N.COC(=O)c1cc(-c2ccccc2)sc1N=Nc1cc2c3c(c1)CCCN3CCC2.COC(=O)c1cc(-c2ccccc2)sc1[N+]#N.O=CCc1ccccc1.O=S([O-])O[O-].S.c1cc2c3c(c1)CCCN3CCC2. The van der Waals surface area contributed by atoms with Gasteiger partial charge in [-0.05, 0) is 138 Å². The fraction of sp³-hybridized carbons (Fsp3) is 0.270. The third-order valence-corrected chi connectivity index (χ3v) is 18.4. The number of aldehydes is 1. The van der Waals surface area contributed by atoms with Gasteiger partial charge in [-0.3, -0.25) is 4.79 Å². The van der Waals surface area contributed by atoms with E-state index in [4.69, 9.17) is 35.1 Å². The molecule has 21 nitrogen and oxygen atoms in total. The molecule has 13 rings (SSSR count). The lowest BCUT2D eigenvalue weighted by Crippen LogP contribution is -2.34. The van der Waals surface area contributed by atoms with Crippen LogP contribution in [0.1, 0.15) is 106 Å². The molecule has 100 heavy (non-hydrogen) atoms. The standard InChI is InChI=1S/C24H23N3O2S.C12H9N2O2S.C12H11NO2S.C12H15N.C8H8O.C4H5NO2.2CH4.H2O4S.H2S/c1-29-24(28)20-15-21(16-7-3-2-4-8-16)30-23(20)26-25-19-13-17-9-5-11-27-12-6-10-18(14-19)22(17)27;1-16-12(15)9-7-10(17-11(9)14-13)8-5-3-2-4-6-8;1-15-12(14)9-7-10(16-11(9)13)8-5-3-2-4-6-8;1-4-10-6-2-8-13-9-3-7-11(5-1)12(10)13;9-7-6-8-4-2-1-3-5-8;1-7-4(6)2-3-5;;;1-4-5(2)3;/h2-4,7-8,13-15H,5-6,9-12H2,1H3;2-7H,1H3;2-7H,13H2,1H3;1,4-5H,2-3,6-9H2;1-5,7H,6H2;2H2,1H3;2*1H4;1H,(H,2,3);1H2/q;+1;;;;;;;;/p-2. The molecule has 0 spiro atoms. The highest BCUT2D eigenvalue weighted by molar-refractivity contribution is 7.73. The Labute approximate surface area is 605 Å². The number of nitrogen functional groups attached to an aromatic ring is 1. The molecule has 6 aromatic carbocycles. The zero-order valence-electron chi connectivity index (χ0n) is 54.3. The largest absolute Gasteiger partial charge is 0.750 e. The number of para-hydroxylation sites is 1. The predicted octanol–water partition coefficient (Wildman–Crippen LogP) is 16.1. The van der Waals surface area contributed by atoms with Gasteiger partial charge in [0, 0.05) is 58.6 Å². The summed E-state index contributed by atoms with van der Waals surface area (Å²) in [6, 6.07) is 57.1. The summed E-state index contributed by atoms with van der Waals surface area (Å²) in [5.74, 6) is -1.77. The van der Waals surface area contributed by atoms with E-state index in [0.29, 0.717) is 27.5 Å². The minimum atomic E-state index is -2.88. The number of benzene rings is 6. The maximum absolute atomic E-state index is 12.3. The van der Waals surface area contributed by atoms with Crippen LogP contribution < -0.4 is 20.8 Å². The van der Waals surface area contributed by atoms with Crippen LogP contribution in [-0.2, 0) is 76.3 Å². The van der Waals surface area contributed by atoms with Crippen LogP contribution in [0.4, 0.5) is 32.1 Å². The number of rotatable bonds is 12. The van der Waals surface area contributed by atoms with Gasteiger partial charge in [-0.15, -0.1) is 32.9 Å². The number of carbonyl (C=O) groups is 5. The minimum Gasteiger partial charge on any atom is -0.750 e. The lowest BCUT2D eigenvalue weighted by molar-refractivity contribution is -0.635. The van der Waals surface area contributed by atoms with Crippen molar-refractivity contribution in [3.8, 4) is 37.4 Å². The number of nitrogens with zero attached hydrogens (tertiary/aromatic N) is 7. The Morgan fingerprint density at radius 3 is 1.40 bits per heavy atom. The molecule has 7 heterocycles. The normalized spacial score (nSPS) is 12.4. The number of azo groups is 1. The van der Waals surface area contributed by atoms with Crippen molar-refractivity contribution in [2.24, 2.45) is 10.2 Å². The number of methoxy groups -OCH3 is 4. The van der Waals surface area contributed by atoms with Gasteiger partial charge in [-0.2, -0.15) is 18.8 Å². The second kappa shape index (κ2) is 43.6. The zero-order valence-corrected chi connectivity index (χ0v) is 58.6. The highest BCUT2D eigenvalue weighted by Gasteiger charge is 2.28. The molecule has 0 aliphatic carbocycles. The molecule has 0 amide bonds. The van der Waals surface area contributed by atoms with Gasteiger partial charge in [-0.25, -0.2) is 18.6 Å². The Morgan fingerprint density at radius 2 is 0.980 bits per heavy atom. The van der Waals surface area contributed by atoms with E-state index in [2.05, 4.69) is 73.9 Å². The summed E-state index contributed by atoms with van der Waals surface area (Å²) in [5, 5.41) is 35.5. The Hall–Kier alpha value is -9.74. The molecule has 0 bridgehead atoms. The van der Waals surface area contributed by atoms with Gasteiger partial charge < -0.3 is 53.4 Å². The number of esters is 4. The third kappa shape index (κ3) is 24.0. The van der Waals surface area contributed by atoms with E-state index in [1.54, 1.807) is 35.0 Å². The van der Waals surface area contributed by atoms with Gasteiger partial charge in [-0.1, -0.05) is 154 Å². The fourth-order valence-corrected chi connectivity index (χ4v) is 13.7. The van der Waals surface area contributed by atoms with Gasteiger partial charge in [0.25, 0.3) is 0 Å². The van der Waals surface area contributed by atoms with E-state index in [9.17, 15) is 24.0 Å². The van der Waals surface area contributed by atoms with Crippen molar-refractivity contribution in [2.75, 3.05) is 70.2 Å². The van der Waals surface area contributed by atoms with Gasteiger partial charge in [0.2, 0.25) is 5.39 Å². The van der Waals surface area contributed by atoms with Crippen molar-refractivity contribution >= 4 is 121 Å². The number of hydrogen-bond acceptors (Lipinski definition) is 23. The number of aryl methyl sites for hydroxylation is 4. The van der Waals surface area contributed by atoms with Crippen LogP contribution >= 0.6 is 47.5 Å². The Bertz CT molecular complexity index is 4160. The van der Waals surface area contributed by atoms with E-state index >= 15 is 0 Å². The highest BCUT2D eigenvalue weighted by Crippen LogP contribution is 2.42. The van der Waals surface area contributed by atoms with E-state index < -0.39 is 35.2 Å².